The molecule has 0 radical (unpaired) electrons. The van der Waals surface area contributed by atoms with Crippen molar-refractivity contribution >= 4 is 17.6 Å². The van der Waals surface area contributed by atoms with Crippen LogP contribution in [0, 0.1) is 5.92 Å². The SMILES string of the molecule is CC(=O)c1cnc2c(c1)CN(CCC(C)C)C(=O)N2. The Morgan fingerprint density at radius 1 is 1.53 bits per heavy atom. The number of aromatic nitrogens is 1. The summed E-state index contributed by atoms with van der Waals surface area (Å²) in [6.07, 6.45) is 2.47. The van der Waals surface area contributed by atoms with Crippen molar-refractivity contribution in [3.8, 4) is 0 Å². The first-order valence-corrected chi connectivity index (χ1v) is 6.53. The molecule has 5 heteroatoms. The third-order valence-corrected chi connectivity index (χ3v) is 3.22. The zero-order valence-corrected chi connectivity index (χ0v) is 11.6. The molecular weight excluding hydrogens is 242 g/mol. The topological polar surface area (TPSA) is 62.3 Å². The van der Waals surface area contributed by atoms with E-state index in [1.54, 1.807) is 4.90 Å². The summed E-state index contributed by atoms with van der Waals surface area (Å²) >= 11 is 0. The average molecular weight is 261 g/mol. The highest BCUT2D eigenvalue weighted by molar-refractivity contribution is 5.96. The van der Waals surface area contributed by atoms with Crippen LogP contribution in [0.25, 0.3) is 0 Å². The Kier molecular flexibility index (Phi) is 3.83. The molecule has 0 saturated heterocycles. The number of pyridine rings is 1. The van der Waals surface area contributed by atoms with Crippen LogP contribution >= 0.6 is 0 Å². The van der Waals surface area contributed by atoms with E-state index in [1.165, 1.54) is 13.1 Å². The lowest BCUT2D eigenvalue weighted by atomic mass is 10.1. The van der Waals surface area contributed by atoms with Gasteiger partial charge in [0.2, 0.25) is 0 Å². The fourth-order valence-corrected chi connectivity index (χ4v) is 1.99. The van der Waals surface area contributed by atoms with Gasteiger partial charge in [0.15, 0.2) is 5.78 Å². The van der Waals surface area contributed by atoms with Crippen molar-refractivity contribution in [3.63, 3.8) is 0 Å². The second-order valence-electron chi connectivity index (χ2n) is 5.32. The number of nitrogens with one attached hydrogen (secondary N) is 1. The molecule has 0 saturated carbocycles. The fourth-order valence-electron chi connectivity index (χ4n) is 1.99. The third kappa shape index (κ3) is 3.10. The van der Waals surface area contributed by atoms with E-state index >= 15 is 0 Å². The molecule has 2 heterocycles. The van der Waals surface area contributed by atoms with Gasteiger partial charge < -0.3 is 4.90 Å². The third-order valence-electron chi connectivity index (χ3n) is 3.22. The molecule has 0 unspecified atom stereocenters. The molecule has 0 spiro atoms. The lowest BCUT2D eigenvalue weighted by Crippen LogP contribution is -2.40. The van der Waals surface area contributed by atoms with Gasteiger partial charge in [0, 0.05) is 23.9 Å². The molecule has 2 amide bonds. The molecular formula is C14H19N3O2. The normalized spacial score (nSPS) is 14.3. The highest BCUT2D eigenvalue weighted by Crippen LogP contribution is 2.22. The number of fused-ring (bicyclic) bond motifs is 1. The van der Waals surface area contributed by atoms with Crippen LogP contribution in [0.3, 0.4) is 0 Å². The maximum Gasteiger partial charge on any atom is 0.323 e. The molecule has 0 aromatic carbocycles. The van der Waals surface area contributed by atoms with Gasteiger partial charge in [-0.2, -0.15) is 0 Å². The van der Waals surface area contributed by atoms with E-state index in [9.17, 15) is 9.59 Å². The monoisotopic (exact) mass is 261 g/mol. The molecule has 5 nitrogen and oxygen atoms in total. The Hall–Kier alpha value is -1.91. The molecule has 1 aromatic heterocycles. The second-order valence-corrected chi connectivity index (χ2v) is 5.32. The van der Waals surface area contributed by atoms with Crippen molar-refractivity contribution in [2.24, 2.45) is 5.92 Å². The van der Waals surface area contributed by atoms with E-state index in [4.69, 9.17) is 0 Å². The summed E-state index contributed by atoms with van der Waals surface area (Å²) in [5, 5.41) is 2.76. The Morgan fingerprint density at radius 2 is 2.26 bits per heavy atom. The summed E-state index contributed by atoms with van der Waals surface area (Å²) in [5.74, 6) is 1.10. The minimum Gasteiger partial charge on any atom is -0.320 e. The lowest BCUT2D eigenvalue weighted by molar-refractivity contribution is 0.101. The van der Waals surface area contributed by atoms with Crippen molar-refractivity contribution < 1.29 is 9.59 Å². The van der Waals surface area contributed by atoms with Gasteiger partial charge in [0.1, 0.15) is 5.82 Å². The van der Waals surface area contributed by atoms with Gasteiger partial charge in [0.25, 0.3) is 0 Å². The predicted octanol–water partition coefficient (Wildman–Crippen LogP) is 2.68. The van der Waals surface area contributed by atoms with Crippen LogP contribution in [0.5, 0.6) is 0 Å². The van der Waals surface area contributed by atoms with E-state index in [1.807, 2.05) is 6.07 Å². The fraction of sp³-hybridized carbons (Fsp3) is 0.500. The molecule has 0 aliphatic carbocycles. The highest BCUT2D eigenvalue weighted by Gasteiger charge is 2.23. The number of anilines is 1. The number of rotatable bonds is 4. The van der Waals surface area contributed by atoms with Crippen LogP contribution in [0.2, 0.25) is 0 Å². The highest BCUT2D eigenvalue weighted by atomic mass is 16.2. The van der Waals surface area contributed by atoms with Gasteiger partial charge in [-0.3, -0.25) is 10.1 Å². The number of urea groups is 1. The van der Waals surface area contributed by atoms with Crippen LogP contribution in [-0.2, 0) is 6.54 Å². The summed E-state index contributed by atoms with van der Waals surface area (Å²) in [4.78, 5) is 29.1. The number of hydrogen-bond acceptors (Lipinski definition) is 3. The zero-order valence-electron chi connectivity index (χ0n) is 11.6. The van der Waals surface area contributed by atoms with Crippen molar-refractivity contribution in [3.05, 3.63) is 23.4 Å². The van der Waals surface area contributed by atoms with E-state index in [-0.39, 0.29) is 11.8 Å². The molecule has 19 heavy (non-hydrogen) atoms. The Morgan fingerprint density at radius 3 is 2.89 bits per heavy atom. The molecule has 1 aromatic rings. The number of carbonyl (C=O) groups excluding carboxylic acids is 2. The maximum atomic E-state index is 11.9. The Balaban J connectivity index is 2.17. The summed E-state index contributed by atoms with van der Waals surface area (Å²) in [5.41, 5.74) is 1.48. The van der Waals surface area contributed by atoms with Gasteiger partial charge in [-0.15, -0.1) is 0 Å². The summed E-state index contributed by atoms with van der Waals surface area (Å²) in [6, 6.07) is 1.70. The molecule has 0 atom stereocenters. The first-order valence-electron chi connectivity index (χ1n) is 6.53. The number of amides is 2. The first-order chi connectivity index (χ1) is 8.97. The van der Waals surface area contributed by atoms with E-state index in [2.05, 4.69) is 24.1 Å². The van der Waals surface area contributed by atoms with Crippen LogP contribution in [-0.4, -0.2) is 28.2 Å². The zero-order chi connectivity index (χ0) is 14.0. The van der Waals surface area contributed by atoms with Gasteiger partial charge in [0.05, 0.1) is 6.54 Å². The van der Waals surface area contributed by atoms with Gasteiger partial charge in [-0.25, -0.2) is 9.78 Å². The standard InChI is InChI=1S/C14H19N3O2/c1-9(2)4-5-17-8-12-6-11(10(3)18)7-15-13(12)16-14(17)19/h6-7,9H,4-5,8H2,1-3H3,(H,15,16,19). The molecule has 1 aliphatic heterocycles. The second kappa shape index (κ2) is 5.38. The van der Waals surface area contributed by atoms with Crippen molar-refractivity contribution in [2.45, 2.75) is 33.7 Å². The molecule has 2 rings (SSSR count). The smallest absolute Gasteiger partial charge is 0.320 e. The summed E-state index contributed by atoms with van der Waals surface area (Å²) < 4.78 is 0. The molecule has 1 aliphatic rings. The average Bonchev–Trinajstić information content (AvgIpc) is 2.35. The van der Waals surface area contributed by atoms with Crippen molar-refractivity contribution in [1.29, 1.82) is 0 Å². The number of ketones is 1. The van der Waals surface area contributed by atoms with Gasteiger partial charge >= 0.3 is 6.03 Å². The lowest BCUT2D eigenvalue weighted by Gasteiger charge is -2.29. The van der Waals surface area contributed by atoms with E-state index < -0.39 is 0 Å². The number of carbonyl (C=O) groups is 2. The summed E-state index contributed by atoms with van der Waals surface area (Å²) in [6.45, 7) is 7.01. The molecule has 0 fully saturated rings. The molecule has 1 N–H and O–H groups in total. The Labute approximate surface area is 113 Å². The van der Waals surface area contributed by atoms with Crippen molar-refractivity contribution in [1.82, 2.24) is 9.88 Å². The maximum absolute atomic E-state index is 11.9. The number of Topliss-reactive ketones (excluding diaryl/α,β-unsaturated/α-hetero) is 1. The van der Waals surface area contributed by atoms with Crippen LogP contribution in [0.15, 0.2) is 12.3 Å². The van der Waals surface area contributed by atoms with Crippen LogP contribution in [0.1, 0.15) is 43.1 Å². The van der Waals surface area contributed by atoms with Gasteiger partial charge in [-0.05, 0) is 25.3 Å². The predicted molar refractivity (Wildman–Crippen MR) is 73.1 cm³/mol. The minimum absolute atomic E-state index is 0.0130. The summed E-state index contributed by atoms with van der Waals surface area (Å²) in [7, 11) is 0. The van der Waals surface area contributed by atoms with Crippen LogP contribution < -0.4 is 5.32 Å². The first kappa shape index (κ1) is 13.5. The van der Waals surface area contributed by atoms with E-state index in [0.29, 0.717) is 30.4 Å². The largest absolute Gasteiger partial charge is 0.323 e. The van der Waals surface area contributed by atoms with Crippen LogP contribution in [0.4, 0.5) is 10.6 Å². The Bertz CT molecular complexity index is 511. The quantitative estimate of drug-likeness (QED) is 0.847. The van der Waals surface area contributed by atoms with Gasteiger partial charge in [-0.1, -0.05) is 13.8 Å². The van der Waals surface area contributed by atoms with Crippen molar-refractivity contribution in [2.75, 3.05) is 11.9 Å². The minimum atomic E-state index is -0.115. The molecule has 102 valence electrons. The number of nitrogens with zero attached hydrogens (tertiary/aromatic N) is 2. The van der Waals surface area contributed by atoms with E-state index in [0.717, 1.165) is 12.0 Å². The molecule has 0 bridgehead atoms. The number of hydrogen-bond donors (Lipinski definition) is 1.